The number of benzene rings is 4. The van der Waals surface area contributed by atoms with Gasteiger partial charge < -0.3 is 4.90 Å². The van der Waals surface area contributed by atoms with Gasteiger partial charge in [0.1, 0.15) is 0 Å². The van der Waals surface area contributed by atoms with Gasteiger partial charge in [-0.25, -0.2) is 0 Å². The van der Waals surface area contributed by atoms with Gasteiger partial charge in [0, 0.05) is 24.5 Å². The summed E-state index contributed by atoms with van der Waals surface area (Å²) in [6.07, 6.45) is 2.11. The lowest BCUT2D eigenvalue weighted by atomic mass is 10.1. The van der Waals surface area contributed by atoms with Gasteiger partial charge in [-0.05, 0) is 83.3 Å². The maximum atomic E-state index is 4.48. The lowest BCUT2D eigenvalue weighted by Gasteiger charge is -2.20. The Hall–Kier alpha value is -3.95. The Morgan fingerprint density at radius 3 is 2.36 bits per heavy atom. The molecule has 0 saturated heterocycles. The number of nitrogens with zero attached hydrogens (tertiary/aromatic N) is 7. The molecule has 0 fully saturated rings. The molecule has 0 unspecified atom stereocenters. The maximum absolute atomic E-state index is 4.48. The summed E-state index contributed by atoms with van der Waals surface area (Å²) < 4.78 is 0.922. The van der Waals surface area contributed by atoms with Crippen LogP contribution in [0.15, 0.2) is 110 Å². The zero-order chi connectivity index (χ0) is 26.4. The van der Waals surface area contributed by atoms with Crippen LogP contribution in [-0.2, 0) is 13.0 Å². The lowest BCUT2D eigenvalue weighted by molar-refractivity contribution is 0.837. The molecule has 0 atom stereocenters. The van der Waals surface area contributed by atoms with Gasteiger partial charge >= 0.3 is 0 Å². The number of fused-ring (bicyclic) bond motifs is 2. The molecule has 39 heavy (non-hydrogen) atoms. The van der Waals surface area contributed by atoms with Gasteiger partial charge in [0.25, 0.3) is 5.13 Å². The molecule has 1 aliphatic rings. The normalized spacial score (nSPS) is 13.2. The third kappa shape index (κ3) is 6.21. The fraction of sp³-hybridized carbons (Fsp3) is 0.200. The highest BCUT2D eigenvalue weighted by Crippen LogP contribution is 2.34. The molecule has 0 saturated carbocycles. The van der Waals surface area contributed by atoms with Crippen molar-refractivity contribution >= 4 is 61.8 Å². The second-order valence-corrected chi connectivity index (χ2v) is 11.6. The number of azo groups is 2. The highest BCUT2D eigenvalue weighted by Gasteiger charge is 2.19. The van der Waals surface area contributed by atoms with Crippen molar-refractivity contribution in [2.24, 2.45) is 20.5 Å². The molecule has 4 aromatic carbocycles. The Morgan fingerprint density at radius 2 is 1.54 bits per heavy atom. The van der Waals surface area contributed by atoms with Crippen LogP contribution in [0.25, 0.3) is 10.8 Å². The summed E-state index contributed by atoms with van der Waals surface area (Å²) >= 11 is 3.15. The van der Waals surface area contributed by atoms with Crippen LogP contribution in [0.3, 0.4) is 0 Å². The predicted molar refractivity (Wildman–Crippen MR) is 161 cm³/mol. The van der Waals surface area contributed by atoms with Gasteiger partial charge in [-0.15, -0.1) is 20.4 Å². The van der Waals surface area contributed by atoms with Crippen LogP contribution in [-0.4, -0.2) is 22.5 Å². The van der Waals surface area contributed by atoms with Gasteiger partial charge in [-0.2, -0.15) is 10.2 Å². The summed E-state index contributed by atoms with van der Waals surface area (Å²) in [5.74, 6) is 1.03. The molecule has 9 heteroatoms. The molecule has 0 N–H and O–H groups in total. The first kappa shape index (κ1) is 25.3. The first-order chi connectivity index (χ1) is 19.2. The van der Waals surface area contributed by atoms with E-state index < -0.39 is 0 Å². The number of aromatic nitrogens is 2. The third-order valence-corrected chi connectivity index (χ3v) is 8.60. The van der Waals surface area contributed by atoms with Crippen LogP contribution in [0.5, 0.6) is 0 Å². The predicted octanol–water partition coefficient (Wildman–Crippen LogP) is 9.59. The van der Waals surface area contributed by atoms with Gasteiger partial charge in [-0.1, -0.05) is 66.4 Å². The minimum absolute atomic E-state index is 0.560. The summed E-state index contributed by atoms with van der Waals surface area (Å²) in [7, 11) is 0. The van der Waals surface area contributed by atoms with Crippen LogP contribution in [0.1, 0.15) is 24.5 Å². The Morgan fingerprint density at radius 1 is 0.795 bits per heavy atom. The molecule has 194 valence electrons. The zero-order valence-corrected chi connectivity index (χ0v) is 23.2. The van der Waals surface area contributed by atoms with E-state index in [0.29, 0.717) is 5.13 Å². The largest absolute Gasteiger partial charge is 0.367 e. The van der Waals surface area contributed by atoms with Crippen molar-refractivity contribution in [2.45, 2.75) is 30.6 Å². The van der Waals surface area contributed by atoms with Crippen LogP contribution in [0, 0.1) is 0 Å². The summed E-state index contributed by atoms with van der Waals surface area (Å²) in [4.78, 5) is 2.44. The molecule has 2 heterocycles. The number of rotatable bonds is 9. The smallest absolute Gasteiger partial charge is 0.252 e. The van der Waals surface area contributed by atoms with E-state index in [1.807, 2.05) is 30.3 Å². The molecule has 5 aromatic rings. The van der Waals surface area contributed by atoms with Crippen molar-refractivity contribution in [3.05, 3.63) is 96.1 Å². The summed E-state index contributed by atoms with van der Waals surface area (Å²) in [6.45, 7) is 4.06. The minimum Gasteiger partial charge on any atom is -0.367 e. The van der Waals surface area contributed by atoms with E-state index >= 15 is 0 Å². The van der Waals surface area contributed by atoms with Crippen LogP contribution in [0.2, 0.25) is 0 Å². The number of thioether (sulfide) groups is 1. The maximum Gasteiger partial charge on any atom is 0.252 e. The molecule has 0 bridgehead atoms. The molecule has 0 radical (unpaired) electrons. The Kier molecular flexibility index (Phi) is 7.69. The summed E-state index contributed by atoms with van der Waals surface area (Å²) in [6, 6.07) is 29.1. The molecule has 0 aliphatic carbocycles. The highest BCUT2D eigenvalue weighted by atomic mass is 32.2. The minimum atomic E-state index is 0.560. The zero-order valence-electron chi connectivity index (χ0n) is 21.6. The monoisotopic (exact) mass is 549 g/mol. The van der Waals surface area contributed by atoms with Crippen molar-refractivity contribution in [1.29, 1.82) is 0 Å². The average molecular weight is 550 g/mol. The van der Waals surface area contributed by atoms with E-state index in [9.17, 15) is 0 Å². The Labute approximate surface area is 235 Å². The average Bonchev–Trinajstić information content (AvgIpc) is 3.61. The van der Waals surface area contributed by atoms with E-state index in [0.717, 1.165) is 53.1 Å². The van der Waals surface area contributed by atoms with Crippen molar-refractivity contribution in [2.75, 3.05) is 17.2 Å². The van der Waals surface area contributed by atoms with Gasteiger partial charge in [-0.3, -0.25) is 0 Å². The Balaban J connectivity index is 1.08. The van der Waals surface area contributed by atoms with Crippen LogP contribution < -0.4 is 4.90 Å². The summed E-state index contributed by atoms with van der Waals surface area (Å²) in [5, 5.41) is 28.7. The van der Waals surface area contributed by atoms with E-state index in [-0.39, 0.29) is 0 Å². The molecule has 6 rings (SSSR count). The van der Waals surface area contributed by atoms with Crippen molar-refractivity contribution < 1.29 is 0 Å². The second-order valence-electron chi connectivity index (χ2n) is 9.28. The van der Waals surface area contributed by atoms with Crippen molar-refractivity contribution in [3.8, 4) is 0 Å². The fourth-order valence-corrected chi connectivity index (χ4v) is 6.12. The number of hydrogen-bond donors (Lipinski definition) is 0. The first-order valence-corrected chi connectivity index (χ1v) is 14.8. The topological polar surface area (TPSA) is 78.5 Å². The van der Waals surface area contributed by atoms with Gasteiger partial charge in [0.2, 0.25) is 0 Å². The number of anilines is 1. The second kappa shape index (κ2) is 11.8. The molecule has 7 nitrogen and oxygen atoms in total. The SMILES string of the molecule is CCCSc1nnc(N=Nc2ccc(N=Nc3ccc4c(c3)CCN4Cc3ccc4ccccc4c3)cc2)s1. The quantitative estimate of drug-likeness (QED) is 0.135. The molecule has 0 amide bonds. The number of hydrogen-bond acceptors (Lipinski definition) is 9. The van der Waals surface area contributed by atoms with E-state index in [4.69, 9.17) is 0 Å². The molecular weight excluding hydrogens is 523 g/mol. The highest BCUT2D eigenvalue weighted by molar-refractivity contribution is 8.01. The molecule has 0 spiro atoms. The van der Waals surface area contributed by atoms with Gasteiger partial charge in [0.15, 0.2) is 4.34 Å². The Bertz CT molecular complexity index is 1640. The van der Waals surface area contributed by atoms with Crippen molar-refractivity contribution in [1.82, 2.24) is 10.2 Å². The molecular formula is C30H27N7S2. The van der Waals surface area contributed by atoms with E-state index in [1.54, 1.807) is 11.8 Å². The lowest BCUT2D eigenvalue weighted by Crippen LogP contribution is -2.19. The molecule has 1 aliphatic heterocycles. The van der Waals surface area contributed by atoms with E-state index in [2.05, 4.69) is 97.1 Å². The third-order valence-electron chi connectivity index (χ3n) is 6.45. The summed E-state index contributed by atoms with van der Waals surface area (Å²) in [5.41, 5.74) is 6.28. The van der Waals surface area contributed by atoms with Crippen molar-refractivity contribution in [3.63, 3.8) is 0 Å². The van der Waals surface area contributed by atoms with Crippen LogP contribution in [0.4, 0.5) is 27.9 Å². The first-order valence-electron chi connectivity index (χ1n) is 13.0. The van der Waals surface area contributed by atoms with Crippen LogP contribution >= 0.6 is 23.1 Å². The fourth-order valence-electron chi connectivity index (χ4n) is 4.53. The van der Waals surface area contributed by atoms with Gasteiger partial charge in [0.05, 0.1) is 17.1 Å². The standard InChI is InChI=1S/C30H27N7S2/c1-2-17-38-30-36-35-29(39-30)34-32-26-11-9-25(10-12-26)31-33-27-13-14-28-24(19-27)15-16-37(28)20-21-7-8-22-5-3-4-6-23(22)18-21/h3-14,18-19H,2,15-17,20H2,1H3. The molecule has 1 aromatic heterocycles. The van der Waals surface area contributed by atoms with E-state index in [1.165, 1.54) is 38.9 Å².